The molecular formula is C27H25ClO4. The number of carboxylic acid groups (broad SMARTS) is 1. The zero-order valence-corrected chi connectivity index (χ0v) is 18.4. The fourth-order valence-electron chi connectivity index (χ4n) is 4.97. The molecule has 5 heteroatoms. The Kier molecular flexibility index (Phi) is 5.79. The van der Waals surface area contributed by atoms with Gasteiger partial charge in [-0.15, -0.1) is 0 Å². The second-order valence-electron chi connectivity index (χ2n) is 8.64. The molecule has 3 aromatic carbocycles. The van der Waals surface area contributed by atoms with Crippen molar-refractivity contribution in [1.29, 1.82) is 0 Å². The van der Waals surface area contributed by atoms with Crippen molar-refractivity contribution in [3.8, 4) is 17.2 Å². The van der Waals surface area contributed by atoms with Gasteiger partial charge in [0.15, 0.2) is 0 Å². The molecule has 0 radical (unpaired) electrons. The summed E-state index contributed by atoms with van der Waals surface area (Å²) >= 11 is 6.42. The summed E-state index contributed by atoms with van der Waals surface area (Å²) < 4.78 is 11.7. The largest absolute Gasteiger partial charge is 0.493 e. The number of benzene rings is 3. The molecule has 3 aromatic rings. The molecule has 4 nitrogen and oxygen atoms in total. The second-order valence-corrected chi connectivity index (χ2v) is 9.04. The number of hydrogen-bond acceptors (Lipinski definition) is 3. The van der Waals surface area contributed by atoms with Gasteiger partial charge < -0.3 is 14.6 Å². The van der Waals surface area contributed by atoms with Crippen LogP contribution in [0, 0.1) is 0 Å². The molecule has 1 fully saturated rings. The third-order valence-corrected chi connectivity index (χ3v) is 6.98. The van der Waals surface area contributed by atoms with Gasteiger partial charge in [-0.3, -0.25) is 4.79 Å². The van der Waals surface area contributed by atoms with E-state index in [0.717, 1.165) is 0 Å². The minimum absolute atomic E-state index is 0.366. The highest BCUT2D eigenvalue weighted by Crippen LogP contribution is 2.45. The molecule has 0 aromatic heterocycles. The molecule has 1 N–H and O–H groups in total. The minimum Gasteiger partial charge on any atom is -0.493 e. The molecule has 0 amide bonds. The van der Waals surface area contributed by atoms with Gasteiger partial charge in [-0.25, -0.2) is 0 Å². The summed E-state index contributed by atoms with van der Waals surface area (Å²) in [4.78, 5) is 11.5. The van der Waals surface area contributed by atoms with E-state index in [-0.39, 0.29) is 0 Å². The molecule has 3 atom stereocenters. The van der Waals surface area contributed by atoms with Crippen LogP contribution in [0.25, 0.3) is 0 Å². The highest BCUT2D eigenvalue weighted by molar-refractivity contribution is 6.32. The Morgan fingerprint density at radius 1 is 0.938 bits per heavy atom. The van der Waals surface area contributed by atoms with Crippen molar-refractivity contribution in [3.63, 3.8) is 0 Å². The third kappa shape index (κ3) is 4.20. The van der Waals surface area contributed by atoms with Crippen LogP contribution < -0.4 is 9.47 Å². The van der Waals surface area contributed by atoms with E-state index in [4.69, 9.17) is 21.1 Å². The Hall–Kier alpha value is -2.98. The number of rotatable bonds is 5. The first-order valence-electron chi connectivity index (χ1n) is 11.1. The molecule has 0 saturated heterocycles. The van der Waals surface area contributed by atoms with Gasteiger partial charge in [0.25, 0.3) is 0 Å². The predicted molar refractivity (Wildman–Crippen MR) is 124 cm³/mol. The summed E-state index contributed by atoms with van der Waals surface area (Å²) in [5.41, 5.74) is 3.37. The molecule has 1 aliphatic heterocycles. The molecule has 1 saturated carbocycles. The highest BCUT2D eigenvalue weighted by atomic mass is 35.5. The minimum atomic E-state index is -0.865. The zero-order chi connectivity index (χ0) is 22.1. The quantitative estimate of drug-likeness (QED) is 0.450. The van der Waals surface area contributed by atoms with Gasteiger partial charge in [0.05, 0.1) is 17.5 Å². The van der Waals surface area contributed by atoms with E-state index in [1.54, 1.807) is 12.1 Å². The summed E-state index contributed by atoms with van der Waals surface area (Å²) in [6.45, 7) is 0.366. The lowest BCUT2D eigenvalue weighted by Gasteiger charge is -2.24. The van der Waals surface area contributed by atoms with E-state index in [1.165, 1.54) is 30.4 Å². The van der Waals surface area contributed by atoms with E-state index < -0.39 is 11.9 Å². The summed E-state index contributed by atoms with van der Waals surface area (Å²) in [5, 5.41) is 9.83. The standard InChI is InChI=1S/C27H25ClO4/c28-24-15-23-22(27(29)30)12-13-31-25(23)16-26(24)32-21-10-8-18(9-11-21)20-7-6-19(14-20)17-4-2-1-3-5-17/h1-5,8-11,15-16,19-20,22H,6-7,12-14H2,(H,29,30). The maximum Gasteiger partial charge on any atom is 0.311 e. The number of carbonyl (C=O) groups is 1. The van der Waals surface area contributed by atoms with Crippen LogP contribution >= 0.6 is 11.6 Å². The van der Waals surface area contributed by atoms with E-state index in [0.29, 0.717) is 52.7 Å². The second kappa shape index (κ2) is 8.87. The lowest BCUT2D eigenvalue weighted by atomic mass is 9.93. The SMILES string of the molecule is O=C(O)C1CCOc2cc(Oc3ccc(C4CCC(c5ccccc5)C4)cc3)c(Cl)cc21. The Balaban J connectivity index is 1.29. The summed E-state index contributed by atoms with van der Waals surface area (Å²) in [6.07, 6.45) is 4.02. The molecule has 1 aliphatic carbocycles. The molecule has 1 heterocycles. The molecule has 3 unspecified atom stereocenters. The van der Waals surface area contributed by atoms with Crippen LogP contribution in [-0.4, -0.2) is 17.7 Å². The average Bonchev–Trinajstić information content (AvgIpc) is 3.30. The lowest BCUT2D eigenvalue weighted by Crippen LogP contribution is -2.20. The molecule has 0 bridgehead atoms. The smallest absolute Gasteiger partial charge is 0.311 e. The zero-order valence-electron chi connectivity index (χ0n) is 17.7. The van der Waals surface area contributed by atoms with Gasteiger partial charge in [-0.2, -0.15) is 0 Å². The van der Waals surface area contributed by atoms with Gasteiger partial charge in [0.2, 0.25) is 0 Å². The molecule has 5 rings (SSSR count). The predicted octanol–water partition coefficient (Wildman–Crippen LogP) is 7.13. The van der Waals surface area contributed by atoms with E-state index in [9.17, 15) is 9.90 Å². The fraction of sp³-hybridized carbons (Fsp3) is 0.296. The Morgan fingerprint density at radius 3 is 2.31 bits per heavy atom. The van der Waals surface area contributed by atoms with Crippen LogP contribution in [0.2, 0.25) is 5.02 Å². The fourth-order valence-corrected chi connectivity index (χ4v) is 5.18. The van der Waals surface area contributed by atoms with Crippen LogP contribution in [0.4, 0.5) is 0 Å². The maximum absolute atomic E-state index is 11.5. The van der Waals surface area contributed by atoms with Crippen molar-refractivity contribution in [2.45, 2.75) is 43.4 Å². The molecule has 32 heavy (non-hydrogen) atoms. The Morgan fingerprint density at radius 2 is 1.62 bits per heavy atom. The topological polar surface area (TPSA) is 55.8 Å². The van der Waals surface area contributed by atoms with Crippen molar-refractivity contribution in [2.75, 3.05) is 6.61 Å². The number of halogens is 1. The number of fused-ring (bicyclic) bond motifs is 1. The van der Waals surface area contributed by atoms with Crippen molar-refractivity contribution in [3.05, 3.63) is 88.4 Å². The molecule has 0 spiro atoms. The van der Waals surface area contributed by atoms with Crippen LogP contribution in [-0.2, 0) is 4.79 Å². The number of ether oxygens (including phenoxy) is 2. The van der Waals surface area contributed by atoms with Gasteiger partial charge in [-0.05, 0) is 66.8 Å². The van der Waals surface area contributed by atoms with Gasteiger partial charge in [0.1, 0.15) is 17.2 Å². The van der Waals surface area contributed by atoms with E-state index in [2.05, 4.69) is 42.5 Å². The van der Waals surface area contributed by atoms with E-state index in [1.807, 2.05) is 12.1 Å². The summed E-state index contributed by atoms with van der Waals surface area (Å²) in [5.74, 6) is 1.40. The summed E-state index contributed by atoms with van der Waals surface area (Å²) in [6, 6.07) is 22.3. The normalized spacial score (nSPS) is 22.1. The van der Waals surface area contributed by atoms with E-state index >= 15 is 0 Å². The monoisotopic (exact) mass is 448 g/mol. The van der Waals surface area contributed by atoms with Crippen LogP contribution in [0.15, 0.2) is 66.7 Å². The number of hydrogen-bond donors (Lipinski definition) is 1. The molecule has 164 valence electrons. The first kappa shape index (κ1) is 20.9. The first-order chi connectivity index (χ1) is 15.6. The maximum atomic E-state index is 11.5. The lowest BCUT2D eigenvalue weighted by molar-refractivity contribution is -0.139. The van der Waals surface area contributed by atoms with Gasteiger partial charge >= 0.3 is 5.97 Å². The van der Waals surface area contributed by atoms with Crippen molar-refractivity contribution in [1.82, 2.24) is 0 Å². The highest BCUT2D eigenvalue weighted by Gasteiger charge is 2.29. The average molecular weight is 449 g/mol. The number of aliphatic carboxylic acids is 1. The van der Waals surface area contributed by atoms with Crippen LogP contribution in [0.3, 0.4) is 0 Å². The first-order valence-corrected chi connectivity index (χ1v) is 11.5. The molecular weight excluding hydrogens is 424 g/mol. The van der Waals surface area contributed by atoms with Gasteiger partial charge in [0, 0.05) is 11.6 Å². The van der Waals surface area contributed by atoms with Crippen LogP contribution in [0.5, 0.6) is 17.2 Å². The summed E-state index contributed by atoms with van der Waals surface area (Å²) in [7, 11) is 0. The van der Waals surface area contributed by atoms with Crippen molar-refractivity contribution in [2.24, 2.45) is 0 Å². The molecule has 2 aliphatic rings. The van der Waals surface area contributed by atoms with Crippen molar-refractivity contribution < 1.29 is 19.4 Å². The van der Waals surface area contributed by atoms with Gasteiger partial charge in [-0.1, -0.05) is 54.1 Å². The third-order valence-electron chi connectivity index (χ3n) is 6.68. The van der Waals surface area contributed by atoms with Crippen LogP contribution in [0.1, 0.15) is 60.1 Å². The number of carboxylic acids is 1. The Labute approximate surface area is 192 Å². The Bertz CT molecular complexity index is 1110. The van der Waals surface area contributed by atoms with Crippen molar-refractivity contribution >= 4 is 17.6 Å².